The number of hydrogen-bond acceptors (Lipinski definition) is 5. The van der Waals surface area contributed by atoms with Gasteiger partial charge in [0.2, 0.25) is 0 Å². The molecule has 0 aliphatic carbocycles. The molecule has 27 heavy (non-hydrogen) atoms. The van der Waals surface area contributed by atoms with Crippen LogP contribution in [0.4, 0.5) is 0 Å². The quantitative estimate of drug-likeness (QED) is 0.520. The fourth-order valence-corrected chi connectivity index (χ4v) is 3.32. The van der Waals surface area contributed by atoms with Crippen LogP contribution in [0.15, 0.2) is 61.6 Å². The molecule has 0 unspecified atom stereocenters. The van der Waals surface area contributed by atoms with Gasteiger partial charge >= 0.3 is 0 Å². The predicted octanol–water partition coefficient (Wildman–Crippen LogP) is 2.31. The molecule has 0 amide bonds. The molecule has 0 radical (unpaired) electrons. The van der Waals surface area contributed by atoms with Gasteiger partial charge in [-0.3, -0.25) is 4.57 Å². The van der Waals surface area contributed by atoms with E-state index in [4.69, 9.17) is 5.11 Å². The van der Waals surface area contributed by atoms with E-state index >= 15 is 0 Å². The molecule has 5 aromatic rings. The van der Waals surface area contributed by atoms with Gasteiger partial charge in [-0.2, -0.15) is 5.10 Å². The van der Waals surface area contributed by atoms with Crippen LogP contribution in [-0.4, -0.2) is 45.4 Å². The molecule has 1 N–H and O–H groups in total. The number of aromatic nitrogens is 7. The summed E-state index contributed by atoms with van der Waals surface area (Å²) in [6.45, 7) is 0.917. The Balaban J connectivity index is 1.59. The Hall–Kier alpha value is -3.52. The Morgan fingerprint density at radius 3 is 2.93 bits per heavy atom. The van der Waals surface area contributed by atoms with Crippen LogP contribution >= 0.6 is 0 Å². The van der Waals surface area contributed by atoms with E-state index in [9.17, 15) is 0 Å². The first-order chi connectivity index (χ1) is 13.3. The van der Waals surface area contributed by atoms with Crippen molar-refractivity contribution in [3.63, 3.8) is 0 Å². The van der Waals surface area contributed by atoms with E-state index in [-0.39, 0.29) is 6.61 Å². The molecule has 4 aromatic heterocycles. The minimum absolute atomic E-state index is 0.170. The number of imidazole rings is 2. The number of rotatable bonds is 5. The molecule has 0 aliphatic heterocycles. The van der Waals surface area contributed by atoms with Gasteiger partial charge in [0.1, 0.15) is 5.82 Å². The standard InChI is InChI=1S/C19H17N7O/c27-10-2-7-24-13-22-16-11-14(3-4-17(16)24)25-9-6-21-18(25)15-12-23-26-8-1-5-20-19(15)26/h1,3-6,8-9,11-13,27H,2,7,10H2. The summed E-state index contributed by atoms with van der Waals surface area (Å²) in [5, 5.41) is 13.4. The molecule has 0 aliphatic rings. The van der Waals surface area contributed by atoms with Gasteiger partial charge in [0.05, 0.1) is 29.1 Å². The highest BCUT2D eigenvalue weighted by molar-refractivity contribution is 5.79. The SMILES string of the molecule is OCCCn1cnc2cc(-n3ccnc3-c3cnn4cccnc34)ccc21. The molecule has 0 saturated heterocycles. The zero-order chi connectivity index (χ0) is 18.2. The van der Waals surface area contributed by atoms with E-state index in [0.717, 1.165) is 40.3 Å². The normalized spacial score (nSPS) is 11.6. The molecule has 0 bridgehead atoms. The Morgan fingerprint density at radius 1 is 1.04 bits per heavy atom. The monoisotopic (exact) mass is 359 g/mol. The second-order valence-electron chi connectivity index (χ2n) is 6.26. The van der Waals surface area contributed by atoms with E-state index in [0.29, 0.717) is 6.42 Å². The molecule has 4 heterocycles. The molecule has 0 fully saturated rings. The number of hydrogen-bond donors (Lipinski definition) is 1. The third-order valence-corrected chi connectivity index (χ3v) is 4.60. The summed E-state index contributed by atoms with van der Waals surface area (Å²) in [7, 11) is 0. The number of aryl methyl sites for hydroxylation is 1. The lowest BCUT2D eigenvalue weighted by molar-refractivity contribution is 0.280. The minimum atomic E-state index is 0.170. The van der Waals surface area contributed by atoms with E-state index < -0.39 is 0 Å². The van der Waals surface area contributed by atoms with Crippen LogP contribution in [0.25, 0.3) is 33.8 Å². The number of aliphatic hydroxyl groups excluding tert-OH is 1. The molecule has 8 nitrogen and oxygen atoms in total. The first-order valence-electron chi connectivity index (χ1n) is 8.73. The number of aliphatic hydroxyl groups is 1. The van der Waals surface area contributed by atoms with Crippen molar-refractivity contribution in [1.82, 2.24) is 33.7 Å². The van der Waals surface area contributed by atoms with Gasteiger partial charge < -0.3 is 9.67 Å². The molecule has 134 valence electrons. The molecule has 5 rings (SSSR count). The van der Waals surface area contributed by atoms with Crippen LogP contribution in [-0.2, 0) is 6.54 Å². The Morgan fingerprint density at radius 2 is 2.00 bits per heavy atom. The van der Waals surface area contributed by atoms with Gasteiger partial charge in [-0.1, -0.05) is 0 Å². The largest absolute Gasteiger partial charge is 0.396 e. The van der Waals surface area contributed by atoms with Crippen LogP contribution in [0.1, 0.15) is 6.42 Å². The molecular formula is C19H17N7O. The molecule has 0 saturated carbocycles. The summed E-state index contributed by atoms with van der Waals surface area (Å²) in [6, 6.07) is 7.98. The maximum atomic E-state index is 9.05. The molecular weight excluding hydrogens is 342 g/mol. The van der Waals surface area contributed by atoms with E-state index in [1.807, 2.05) is 47.6 Å². The van der Waals surface area contributed by atoms with E-state index in [1.54, 1.807) is 23.1 Å². The Bertz CT molecular complexity index is 1230. The lowest BCUT2D eigenvalue weighted by Crippen LogP contribution is -1.99. The molecule has 1 aromatic carbocycles. The fourth-order valence-electron chi connectivity index (χ4n) is 3.32. The van der Waals surface area contributed by atoms with Crippen molar-refractivity contribution in [2.24, 2.45) is 0 Å². The number of fused-ring (bicyclic) bond motifs is 2. The van der Waals surface area contributed by atoms with Crippen LogP contribution in [0.2, 0.25) is 0 Å². The van der Waals surface area contributed by atoms with Crippen LogP contribution in [0.3, 0.4) is 0 Å². The van der Waals surface area contributed by atoms with Crippen LogP contribution in [0, 0.1) is 0 Å². The van der Waals surface area contributed by atoms with Gasteiger partial charge in [0, 0.05) is 43.6 Å². The van der Waals surface area contributed by atoms with Gasteiger partial charge in [0.15, 0.2) is 5.65 Å². The maximum absolute atomic E-state index is 9.05. The van der Waals surface area contributed by atoms with Crippen molar-refractivity contribution in [1.29, 1.82) is 0 Å². The average Bonchev–Trinajstić information content (AvgIpc) is 3.43. The third kappa shape index (κ3) is 2.58. The first-order valence-corrected chi connectivity index (χ1v) is 8.73. The highest BCUT2D eigenvalue weighted by atomic mass is 16.3. The summed E-state index contributed by atoms with van der Waals surface area (Å²) in [5.41, 5.74) is 4.56. The van der Waals surface area contributed by atoms with Gasteiger partial charge in [0.25, 0.3) is 0 Å². The molecule has 0 atom stereocenters. The molecule has 0 spiro atoms. The number of benzene rings is 1. The zero-order valence-electron chi connectivity index (χ0n) is 14.5. The second kappa shape index (κ2) is 6.33. The van der Waals surface area contributed by atoms with Crippen molar-refractivity contribution in [2.45, 2.75) is 13.0 Å². The highest BCUT2D eigenvalue weighted by Gasteiger charge is 2.15. The van der Waals surface area contributed by atoms with E-state index in [2.05, 4.69) is 24.6 Å². The summed E-state index contributed by atoms with van der Waals surface area (Å²) >= 11 is 0. The smallest absolute Gasteiger partial charge is 0.165 e. The minimum Gasteiger partial charge on any atom is -0.396 e. The average molecular weight is 359 g/mol. The van der Waals surface area contributed by atoms with Gasteiger partial charge in [-0.25, -0.2) is 19.5 Å². The predicted molar refractivity (Wildman–Crippen MR) is 101 cm³/mol. The van der Waals surface area contributed by atoms with Crippen LogP contribution < -0.4 is 0 Å². The first kappa shape index (κ1) is 15.7. The fraction of sp³-hybridized carbons (Fsp3) is 0.158. The van der Waals surface area contributed by atoms with Gasteiger partial charge in [-0.05, 0) is 30.7 Å². The summed E-state index contributed by atoms with van der Waals surface area (Å²) in [4.78, 5) is 13.5. The lowest BCUT2D eigenvalue weighted by atomic mass is 10.2. The van der Waals surface area contributed by atoms with Crippen molar-refractivity contribution in [3.05, 3.63) is 61.6 Å². The Kier molecular flexibility index (Phi) is 3.68. The summed E-state index contributed by atoms with van der Waals surface area (Å²) in [6.07, 6.45) is 11.6. The zero-order valence-corrected chi connectivity index (χ0v) is 14.5. The van der Waals surface area contributed by atoms with Crippen LogP contribution in [0.5, 0.6) is 0 Å². The maximum Gasteiger partial charge on any atom is 0.165 e. The van der Waals surface area contributed by atoms with Crippen molar-refractivity contribution >= 4 is 16.7 Å². The van der Waals surface area contributed by atoms with Gasteiger partial charge in [-0.15, -0.1) is 0 Å². The summed E-state index contributed by atoms with van der Waals surface area (Å²) < 4.78 is 5.80. The van der Waals surface area contributed by atoms with Crippen molar-refractivity contribution in [2.75, 3.05) is 6.61 Å². The highest BCUT2D eigenvalue weighted by Crippen LogP contribution is 2.26. The third-order valence-electron chi connectivity index (χ3n) is 4.60. The van der Waals surface area contributed by atoms with E-state index in [1.165, 1.54) is 0 Å². The number of nitrogens with zero attached hydrogens (tertiary/aromatic N) is 7. The Labute approximate surface area is 154 Å². The molecule has 8 heteroatoms. The lowest BCUT2D eigenvalue weighted by Gasteiger charge is -2.08. The van der Waals surface area contributed by atoms with Crippen molar-refractivity contribution < 1.29 is 5.11 Å². The second-order valence-corrected chi connectivity index (χ2v) is 6.26. The van der Waals surface area contributed by atoms with Crippen molar-refractivity contribution in [3.8, 4) is 17.1 Å². The summed E-state index contributed by atoms with van der Waals surface area (Å²) in [5.74, 6) is 0.780. The topological polar surface area (TPSA) is 86.1 Å².